The number of hydrogen-bond acceptors (Lipinski definition) is 5. The SMILES string of the molecule is O=C(O[C@@H]1CC=C[C@H]2[C@@H](C1)N2N1C(=O)c2ccccc2C1=O)c1ccccc1. The molecule has 0 bridgehead atoms. The molecule has 4 atom stereocenters. The molecule has 2 aromatic rings. The number of amides is 2. The molecule has 0 N–H and O–H groups in total. The number of ether oxygens (including phenoxy) is 1. The summed E-state index contributed by atoms with van der Waals surface area (Å²) in [5.74, 6) is -0.940. The second-order valence-electron chi connectivity index (χ2n) is 7.20. The zero-order valence-corrected chi connectivity index (χ0v) is 15.0. The van der Waals surface area contributed by atoms with Crippen molar-refractivity contribution in [3.63, 3.8) is 0 Å². The molecule has 5 rings (SSSR count). The normalized spacial score (nSPS) is 27.8. The van der Waals surface area contributed by atoms with E-state index >= 15 is 0 Å². The van der Waals surface area contributed by atoms with Crippen LogP contribution in [0.25, 0.3) is 0 Å². The maximum atomic E-state index is 12.7. The first-order chi connectivity index (χ1) is 13.6. The van der Waals surface area contributed by atoms with Crippen molar-refractivity contribution in [2.24, 2.45) is 0 Å². The monoisotopic (exact) mass is 374 g/mol. The molecule has 2 aliphatic heterocycles. The predicted octanol–water partition coefficient (Wildman–Crippen LogP) is 2.83. The van der Waals surface area contributed by atoms with Crippen LogP contribution in [0.1, 0.15) is 43.9 Å². The lowest BCUT2D eigenvalue weighted by Crippen LogP contribution is -2.37. The number of nitrogens with zero attached hydrogens (tertiary/aromatic N) is 2. The number of hydrazine groups is 1. The third-order valence-corrected chi connectivity index (χ3v) is 5.47. The van der Waals surface area contributed by atoms with Crippen LogP contribution in [-0.4, -0.2) is 46.0 Å². The highest BCUT2D eigenvalue weighted by Gasteiger charge is 2.57. The molecule has 1 fully saturated rings. The summed E-state index contributed by atoms with van der Waals surface area (Å²) in [4.78, 5) is 37.8. The van der Waals surface area contributed by atoms with Crippen LogP contribution in [0.15, 0.2) is 66.7 Å². The van der Waals surface area contributed by atoms with Crippen molar-refractivity contribution in [2.45, 2.75) is 31.0 Å². The molecular formula is C22H18N2O4. The molecule has 0 spiro atoms. The molecule has 2 aromatic carbocycles. The molecule has 3 aliphatic rings. The van der Waals surface area contributed by atoms with E-state index < -0.39 is 0 Å². The third-order valence-electron chi connectivity index (χ3n) is 5.47. The van der Waals surface area contributed by atoms with Crippen molar-refractivity contribution in [1.82, 2.24) is 10.0 Å². The van der Waals surface area contributed by atoms with Gasteiger partial charge in [0.2, 0.25) is 0 Å². The molecule has 2 heterocycles. The highest BCUT2D eigenvalue weighted by atomic mass is 16.5. The molecule has 1 unspecified atom stereocenters. The van der Waals surface area contributed by atoms with Gasteiger partial charge in [0.1, 0.15) is 6.10 Å². The first-order valence-electron chi connectivity index (χ1n) is 9.34. The second-order valence-corrected chi connectivity index (χ2v) is 7.20. The van der Waals surface area contributed by atoms with Crippen molar-refractivity contribution >= 4 is 17.8 Å². The fourth-order valence-electron chi connectivity index (χ4n) is 4.04. The highest BCUT2D eigenvalue weighted by Crippen LogP contribution is 2.41. The Labute approximate surface area is 162 Å². The Morgan fingerprint density at radius 3 is 2.25 bits per heavy atom. The van der Waals surface area contributed by atoms with E-state index in [2.05, 4.69) is 0 Å². The Kier molecular flexibility index (Phi) is 3.87. The number of fused-ring (bicyclic) bond motifs is 2. The van der Waals surface area contributed by atoms with Crippen LogP contribution in [0.4, 0.5) is 0 Å². The van der Waals surface area contributed by atoms with Crippen LogP contribution in [0.2, 0.25) is 0 Å². The van der Waals surface area contributed by atoms with Gasteiger partial charge in [0, 0.05) is 12.8 Å². The summed E-state index contributed by atoms with van der Waals surface area (Å²) in [5.41, 5.74) is 1.38. The van der Waals surface area contributed by atoms with Crippen molar-refractivity contribution in [1.29, 1.82) is 0 Å². The fraction of sp³-hybridized carbons (Fsp3) is 0.227. The Morgan fingerprint density at radius 2 is 1.57 bits per heavy atom. The van der Waals surface area contributed by atoms with Gasteiger partial charge in [-0.3, -0.25) is 9.59 Å². The maximum Gasteiger partial charge on any atom is 0.338 e. The minimum atomic E-state index is -0.356. The molecule has 0 saturated carbocycles. The molecule has 1 saturated heterocycles. The van der Waals surface area contributed by atoms with E-state index in [1.807, 2.05) is 18.2 Å². The lowest BCUT2D eigenvalue weighted by molar-refractivity contribution is 0.0204. The van der Waals surface area contributed by atoms with E-state index in [1.54, 1.807) is 53.5 Å². The van der Waals surface area contributed by atoms with Crippen LogP contribution < -0.4 is 0 Å². The zero-order valence-electron chi connectivity index (χ0n) is 15.0. The van der Waals surface area contributed by atoms with E-state index in [4.69, 9.17) is 4.74 Å². The second kappa shape index (κ2) is 6.42. The van der Waals surface area contributed by atoms with Gasteiger partial charge in [-0.1, -0.05) is 42.5 Å². The van der Waals surface area contributed by atoms with E-state index in [1.165, 1.54) is 5.01 Å². The quantitative estimate of drug-likeness (QED) is 0.358. The van der Waals surface area contributed by atoms with Gasteiger partial charge in [0.15, 0.2) is 0 Å². The largest absolute Gasteiger partial charge is 0.458 e. The number of carbonyl (C=O) groups is 3. The summed E-state index contributed by atoms with van der Waals surface area (Å²) < 4.78 is 5.68. The lowest BCUT2D eigenvalue weighted by atomic mass is 10.1. The van der Waals surface area contributed by atoms with Gasteiger partial charge >= 0.3 is 5.97 Å². The van der Waals surface area contributed by atoms with Crippen molar-refractivity contribution in [2.75, 3.05) is 0 Å². The van der Waals surface area contributed by atoms with Crippen LogP contribution in [-0.2, 0) is 4.74 Å². The van der Waals surface area contributed by atoms with Gasteiger partial charge in [-0.15, -0.1) is 0 Å². The Bertz CT molecular complexity index is 966. The first kappa shape index (κ1) is 16.9. The van der Waals surface area contributed by atoms with E-state index in [0.29, 0.717) is 29.5 Å². The van der Waals surface area contributed by atoms with Crippen molar-refractivity contribution < 1.29 is 19.1 Å². The van der Waals surface area contributed by atoms with Crippen LogP contribution in [0, 0.1) is 0 Å². The number of imide groups is 1. The predicted molar refractivity (Wildman–Crippen MR) is 100 cm³/mol. The molecule has 0 aromatic heterocycles. The molecular weight excluding hydrogens is 356 g/mol. The molecule has 0 radical (unpaired) electrons. The summed E-state index contributed by atoms with van der Waals surface area (Å²) in [6.45, 7) is 0. The minimum absolute atomic E-state index is 0.0253. The molecule has 140 valence electrons. The highest BCUT2D eigenvalue weighted by molar-refractivity contribution is 6.21. The van der Waals surface area contributed by atoms with Crippen LogP contribution >= 0.6 is 0 Å². The van der Waals surface area contributed by atoms with Gasteiger partial charge in [-0.2, -0.15) is 5.01 Å². The number of rotatable bonds is 3. The van der Waals surface area contributed by atoms with Gasteiger partial charge < -0.3 is 4.74 Å². The lowest BCUT2D eigenvalue weighted by Gasteiger charge is -2.20. The van der Waals surface area contributed by atoms with Gasteiger partial charge in [-0.25, -0.2) is 9.80 Å². The summed E-state index contributed by atoms with van der Waals surface area (Å²) in [7, 11) is 0. The Hall–Kier alpha value is -3.25. The fourth-order valence-corrected chi connectivity index (χ4v) is 4.04. The molecule has 1 aliphatic carbocycles. The number of carbonyl (C=O) groups excluding carboxylic acids is 3. The molecule has 2 amide bonds. The average Bonchev–Trinajstić information content (AvgIpc) is 3.37. The standard InChI is InChI=1S/C22H18N2O4/c25-20-16-10-4-5-11-17(16)21(26)24(20)23-18-12-6-9-15(13-19(18)23)28-22(27)14-7-2-1-3-8-14/h1-8,10-12,15,18-19H,9,13H2/t15-,18+,19-,23?/m1/s1. The van der Waals surface area contributed by atoms with Gasteiger partial charge in [-0.05, 0) is 24.3 Å². The minimum Gasteiger partial charge on any atom is -0.458 e. The summed E-state index contributed by atoms with van der Waals surface area (Å²) in [6, 6.07) is 15.7. The summed E-state index contributed by atoms with van der Waals surface area (Å²) in [5, 5.41) is 3.04. The van der Waals surface area contributed by atoms with E-state index in [9.17, 15) is 14.4 Å². The topological polar surface area (TPSA) is 66.7 Å². The van der Waals surface area contributed by atoms with Gasteiger partial charge in [0.25, 0.3) is 11.8 Å². The summed E-state index contributed by atoms with van der Waals surface area (Å²) in [6.07, 6.45) is 4.86. The molecule has 6 nitrogen and oxygen atoms in total. The molecule has 6 heteroatoms. The van der Waals surface area contributed by atoms with Gasteiger partial charge in [0.05, 0.1) is 28.8 Å². The number of benzene rings is 2. The third kappa shape index (κ3) is 2.65. The Balaban J connectivity index is 1.31. The van der Waals surface area contributed by atoms with Crippen LogP contribution in [0.5, 0.6) is 0 Å². The Morgan fingerprint density at radius 1 is 0.929 bits per heavy atom. The molecule has 28 heavy (non-hydrogen) atoms. The smallest absolute Gasteiger partial charge is 0.338 e. The summed E-state index contributed by atoms with van der Waals surface area (Å²) >= 11 is 0. The first-order valence-corrected chi connectivity index (χ1v) is 9.34. The van der Waals surface area contributed by atoms with Crippen molar-refractivity contribution in [3.05, 3.63) is 83.4 Å². The van der Waals surface area contributed by atoms with E-state index in [-0.39, 0.29) is 36.0 Å². The van der Waals surface area contributed by atoms with E-state index in [0.717, 1.165) is 0 Å². The zero-order chi connectivity index (χ0) is 19.3. The maximum absolute atomic E-state index is 12.7. The average molecular weight is 374 g/mol. The van der Waals surface area contributed by atoms with Crippen LogP contribution in [0.3, 0.4) is 0 Å². The van der Waals surface area contributed by atoms with Crippen molar-refractivity contribution in [3.8, 4) is 0 Å². The number of hydrogen-bond donors (Lipinski definition) is 0. The number of esters is 1.